The summed E-state index contributed by atoms with van der Waals surface area (Å²) >= 11 is 0. The van der Waals surface area contributed by atoms with Crippen LogP contribution in [0.15, 0.2) is 0 Å². The Kier molecular flexibility index (Phi) is 4.10. The molecule has 3 heteroatoms. The van der Waals surface area contributed by atoms with E-state index in [2.05, 4.69) is 0 Å². The summed E-state index contributed by atoms with van der Waals surface area (Å²) in [6.45, 7) is 1.81. The van der Waals surface area contributed by atoms with Crippen LogP contribution in [0.2, 0.25) is 0 Å². The van der Waals surface area contributed by atoms with Crippen molar-refractivity contribution in [1.29, 1.82) is 0 Å². The highest BCUT2D eigenvalue weighted by Crippen LogP contribution is 2.37. The minimum Gasteiger partial charge on any atom is -0.378 e. The van der Waals surface area contributed by atoms with Crippen molar-refractivity contribution in [3.63, 3.8) is 0 Å². The van der Waals surface area contributed by atoms with E-state index in [9.17, 15) is 8.78 Å². The van der Waals surface area contributed by atoms with E-state index in [4.69, 9.17) is 4.74 Å². The molecule has 1 fully saturated rings. The number of hydrogen-bond donors (Lipinski definition) is 0. The predicted molar refractivity (Wildman–Crippen MR) is 48.3 cm³/mol. The van der Waals surface area contributed by atoms with Gasteiger partial charge in [-0.2, -0.15) is 0 Å². The zero-order valence-electron chi connectivity index (χ0n) is 8.19. The van der Waals surface area contributed by atoms with E-state index in [0.717, 1.165) is 12.8 Å². The van der Waals surface area contributed by atoms with Gasteiger partial charge in [-0.1, -0.05) is 0 Å². The Morgan fingerprint density at radius 2 is 1.92 bits per heavy atom. The van der Waals surface area contributed by atoms with Crippen molar-refractivity contribution in [2.75, 3.05) is 20.0 Å². The molecule has 1 aliphatic rings. The Bertz CT molecular complexity index is 134. The van der Waals surface area contributed by atoms with Gasteiger partial charge >= 0.3 is 0 Å². The van der Waals surface area contributed by atoms with E-state index in [1.807, 2.05) is 6.92 Å². The molecule has 1 heterocycles. The first-order valence-electron chi connectivity index (χ1n) is 4.96. The molecule has 1 saturated heterocycles. The highest BCUT2D eigenvalue weighted by molar-refractivity contribution is 4.83. The van der Waals surface area contributed by atoms with Crippen LogP contribution in [0.4, 0.5) is 8.78 Å². The SMILES string of the molecule is C[C@H]1CCC(CCF)(CCF)CO1. The fourth-order valence-corrected chi connectivity index (χ4v) is 1.90. The van der Waals surface area contributed by atoms with Gasteiger partial charge in [-0.3, -0.25) is 8.78 Å². The molecular weight excluding hydrogens is 174 g/mol. The van der Waals surface area contributed by atoms with Crippen molar-refractivity contribution < 1.29 is 13.5 Å². The van der Waals surface area contributed by atoms with E-state index in [0.29, 0.717) is 19.4 Å². The van der Waals surface area contributed by atoms with Gasteiger partial charge in [0.2, 0.25) is 0 Å². The van der Waals surface area contributed by atoms with E-state index in [1.54, 1.807) is 0 Å². The lowest BCUT2D eigenvalue weighted by molar-refractivity contribution is -0.0657. The molecule has 1 rings (SSSR count). The molecule has 0 spiro atoms. The van der Waals surface area contributed by atoms with E-state index in [1.165, 1.54) is 0 Å². The van der Waals surface area contributed by atoms with Crippen molar-refractivity contribution in [1.82, 2.24) is 0 Å². The lowest BCUT2D eigenvalue weighted by atomic mass is 9.76. The average Bonchev–Trinajstić information content (AvgIpc) is 2.11. The maximum absolute atomic E-state index is 12.3. The van der Waals surface area contributed by atoms with Gasteiger partial charge in [0.05, 0.1) is 26.1 Å². The third-order valence-electron chi connectivity index (χ3n) is 3.00. The third kappa shape index (κ3) is 2.90. The average molecular weight is 192 g/mol. The smallest absolute Gasteiger partial charge is 0.0900 e. The van der Waals surface area contributed by atoms with E-state index < -0.39 is 0 Å². The van der Waals surface area contributed by atoms with Gasteiger partial charge in [0.25, 0.3) is 0 Å². The van der Waals surface area contributed by atoms with Gasteiger partial charge in [-0.25, -0.2) is 0 Å². The van der Waals surface area contributed by atoms with Gasteiger partial charge in [0, 0.05) is 0 Å². The van der Waals surface area contributed by atoms with Crippen LogP contribution >= 0.6 is 0 Å². The highest BCUT2D eigenvalue weighted by Gasteiger charge is 2.34. The van der Waals surface area contributed by atoms with Crippen LogP contribution in [-0.4, -0.2) is 26.1 Å². The van der Waals surface area contributed by atoms with E-state index in [-0.39, 0.29) is 24.9 Å². The number of alkyl halides is 2. The van der Waals surface area contributed by atoms with E-state index >= 15 is 0 Å². The summed E-state index contributed by atoms with van der Waals surface area (Å²) in [6, 6.07) is 0. The zero-order valence-corrected chi connectivity index (χ0v) is 8.19. The summed E-state index contributed by atoms with van der Waals surface area (Å²) in [7, 11) is 0. The first kappa shape index (κ1) is 10.9. The largest absolute Gasteiger partial charge is 0.378 e. The lowest BCUT2D eigenvalue weighted by Gasteiger charge is -2.38. The molecule has 0 amide bonds. The molecular formula is C10H18F2O. The highest BCUT2D eigenvalue weighted by atomic mass is 19.1. The molecule has 1 nitrogen and oxygen atoms in total. The van der Waals surface area contributed by atoms with Crippen LogP contribution in [0.1, 0.15) is 32.6 Å². The van der Waals surface area contributed by atoms with Gasteiger partial charge in [0.15, 0.2) is 0 Å². The Morgan fingerprint density at radius 3 is 2.31 bits per heavy atom. The summed E-state index contributed by atoms with van der Waals surface area (Å²) < 4.78 is 30.0. The molecule has 0 radical (unpaired) electrons. The number of halogens is 2. The molecule has 0 aromatic heterocycles. The maximum Gasteiger partial charge on any atom is 0.0900 e. The molecule has 0 N–H and O–H groups in total. The standard InChI is InChI=1S/C10H18F2O/c1-9-2-3-10(4-6-11,5-7-12)8-13-9/h9H,2-8H2,1H3/t9-/m0/s1. The van der Waals surface area contributed by atoms with Crippen LogP contribution in [0, 0.1) is 5.41 Å². The van der Waals surface area contributed by atoms with Gasteiger partial charge in [-0.05, 0) is 38.0 Å². The van der Waals surface area contributed by atoms with Crippen molar-refractivity contribution >= 4 is 0 Å². The zero-order chi connectivity index (χ0) is 9.73. The quantitative estimate of drug-likeness (QED) is 0.665. The minimum absolute atomic E-state index is 0.212. The molecule has 0 saturated carbocycles. The monoisotopic (exact) mass is 192 g/mol. The molecule has 78 valence electrons. The second kappa shape index (κ2) is 4.89. The number of ether oxygens (including phenoxy) is 1. The van der Waals surface area contributed by atoms with Crippen molar-refractivity contribution in [2.24, 2.45) is 5.41 Å². The van der Waals surface area contributed by atoms with Gasteiger partial charge in [-0.15, -0.1) is 0 Å². The fraction of sp³-hybridized carbons (Fsp3) is 1.00. The first-order chi connectivity index (χ1) is 6.22. The Labute approximate surface area is 78.5 Å². The van der Waals surface area contributed by atoms with Crippen LogP contribution in [-0.2, 0) is 4.74 Å². The lowest BCUT2D eigenvalue weighted by Crippen LogP contribution is -2.36. The van der Waals surface area contributed by atoms with Crippen molar-refractivity contribution in [2.45, 2.75) is 38.7 Å². The van der Waals surface area contributed by atoms with Crippen LogP contribution in [0.5, 0.6) is 0 Å². The van der Waals surface area contributed by atoms with Crippen molar-refractivity contribution in [3.8, 4) is 0 Å². The topological polar surface area (TPSA) is 9.23 Å². The summed E-state index contributed by atoms with van der Waals surface area (Å²) in [6.07, 6.45) is 2.99. The second-order valence-electron chi connectivity index (χ2n) is 4.04. The maximum atomic E-state index is 12.3. The molecule has 1 aliphatic heterocycles. The molecule has 0 unspecified atom stereocenters. The van der Waals surface area contributed by atoms with Crippen LogP contribution in [0.25, 0.3) is 0 Å². The summed E-state index contributed by atoms with van der Waals surface area (Å²) in [4.78, 5) is 0. The number of hydrogen-bond acceptors (Lipinski definition) is 1. The molecule has 0 bridgehead atoms. The summed E-state index contributed by atoms with van der Waals surface area (Å²) in [5.74, 6) is 0. The molecule has 13 heavy (non-hydrogen) atoms. The molecule has 0 aromatic rings. The Morgan fingerprint density at radius 1 is 1.31 bits per heavy atom. The number of rotatable bonds is 4. The van der Waals surface area contributed by atoms with Crippen LogP contribution < -0.4 is 0 Å². The molecule has 0 aromatic carbocycles. The fourth-order valence-electron chi connectivity index (χ4n) is 1.90. The Balaban J connectivity index is 2.47. The molecule has 1 atom stereocenters. The van der Waals surface area contributed by atoms with Crippen molar-refractivity contribution in [3.05, 3.63) is 0 Å². The second-order valence-corrected chi connectivity index (χ2v) is 4.04. The Hall–Kier alpha value is -0.180. The molecule has 0 aliphatic carbocycles. The first-order valence-corrected chi connectivity index (χ1v) is 4.96. The van der Waals surface area contributed by atoms with Gasteiger partial charge in [0.1, 0.15) is 0 Å². The van der Waals surface area contributed by atoms with Gasteiger partial charge < -0.3 is 4.74 Å². The summed E-state index contributed by atoms with van der Waals surface area (Å²) in [5, 5.41) is 0. The normalized spacial score (nSPS) is 27.5. The predicted octanol–water partition coefficient (Wildman–Crippen LogP) is 2.89. The minimum atomic E-state index is -0.363. The summed E-state index contributed by atoms with van der Waals surface area (Å²) in [5.41, 5.74) is -0.212. The third-order valence-corrected chi connectivity index (χ3v) is 3.00. The van der Waals surface area contributed by atoms with Crippen LogP contribution in [0.3, 0.4) is 0 Å².